The minimum absolute atomic E-state index is 0.196. The Hall–Kier alpha value is -1.68. The predicted octanol–water partition coefficient (Wildman–Crippen LogP) is 1.17. The first kappa shape index (κ1) is 9.86. The summed E-state index contributed by atoms with van der Waals surface area (Å²) >= 11 is 0. The molecule has 2 N–H and O–H groups in total. The average molecular weight is 202 g/mol. The van der Waals surface area contributed by atoms with Crippen molar-refractivity contribution in [2.24, 2.45) is 12.8 Å². The lowest BCUT2D eigenvalue weighted by Gasteiger charge is -2.08. The lowest BCUT2D eigenvalue weighted by Crippen LogP contribution is -2.13. The summed E-state index contributed by atoms with van der Waals surface area (Å²) in [7, 11) is 1.88. The average Bonchev–Trinajstić information content (AvgIpc) is 2.64. The molecule has 0 spiro atoms. The minimum atomic E-state index is -0.196. The van der Waals surface area contributed by atoms with Crippen LogP contribution in [0.4, 0.5) is 0 Å². The van der Waals surface area contributed by atoms with Gasteiger partial charge in [0.15, 0.2) is 0 Å². The van der Waals surface area contributed by atoms with Crippen LogP contribution in [0, 0.1) is 6.92 Å². The number of rotatable bonds is 2. The third-order valence-electron chi connectivity index (χ3n) is 2.31. The van der Waals surface area contributed by atoms with Crippen molar-refractivity contribution in [3.8, 4) is 0 Å². The summed E-state index contributed by atoms with van der Waals surface area (Å²) in [4.78, 5) is 4.12. The Balaban J connectivity index is 2.32. The maximum Gasteiger partial charge on any atom is 0.0837 e. The van der Waals surface area contributed by atoms with E-state index in [9.17, 15) is 0 Å². The van der Waals surface area contributed by atoms with Crippen molar-refractivity contribution in [2.45, 2.75) is 13.0 Å². The summed E-state index contributed by atoms with van der Waals surface area (Å²) in [5.41, 5.74) is 9.05. The van der Waals surface area contributed by atoms with Crippen LogP contribution in [0.2, 0.25) is 0 Å². The monoisotopic (exact) mass is 202 g/mol. The van der Waals surface area contributed by atoms with Crippen LogP contribution < -0.4 is 5.73 Å². The standard InChI is InChI=1S/C11H14N4/c1-8-5-9(7-13-6-8)11(12)10-3-4-15(2)14-10/h3-7,11H,12H2,1-2H3. The first-order valence-corrected chi connectivity index (χ1v) is 4.83. The van der Waals surface area contributed by atoms with E-state index in [1.807, 2.05) is 38.5 Å². The van der Waals surface area contributed by atoms with Gasteiger partial charge in [0.2, 0.25) is 0 Å². The van der Waals surface area contributed by atoms with Crippen LogP contribution in [-0.4, -0.2) is 14.8 Å². The van der Waals surface area contributed by atoms with Gasteiger partial charge < -0.3 is 5.73 Å². The summed E-state index contributed by atoms with van der Waals surface area (Å²) in [6.45, 7) is 2.00. The molecule has 0 aliphatic rings. The molecule has 2 heterocycles. The number of nitrogens with zero attached hydrogens (tertiary/aromatic N) is 3. The highest BCUT2D eigenvalue weighted by atomic mass is 15.3. The predicted molar refractivity (Wildman–Crippen MR) is 58.2 cm³/mol. The molecule has 0 saturated heterocycles. The second kappa shape index (κ2) is 3.82. The highest BCUT2D eigenvalue weighted by Crippen LogP contribution is 2.17. The van der Waals surface area contributed by atoms with Crippen LogP contribution in [0.3, 0.4) is 0 Å². The van der Waals surface area contributed by atoms with Gasteiger partial charge in [-0.15, -0.1) is 0 Å². The fourth-order valence-corrected chi connectivity index (χ4v) is 1.52. The number of hydrogen-bond acceptors (Lipinski definition) is 3. The van der Waals surface area contributed by atoms with E-state index in [-0.39, 0.29) is 6.04 Å². The SMILES string of the molecule is Cc1cncc(C(N)c2ccn(C)n2)c1. The van der Waals surface area contributed by atoms with Gasteiger partial charge >= 0.3 is 0 Å². The summed E-state index contributed by atoms with van der Waals surface area (Å²) in [6, 6.07) is 3.76. The van der Waals surface area contributed by atoms with Crippen LogP contribution in [0.1, 0.15) is 22.9 Å². The highest BCUT2D eigenvalue weighted by molar-refractivity contribution is 5.26. The fraction of sp³-hybridized carbons (Fsp3) is 0.273. The van der Waals surface area contributed by atoms with Gasteiger partial charge in [0.1, 0.15) is 0 Å². The second-order valence-corrected chi connectivity index (χ2v) is 3.69. The van der Waals surface area contributed by atoms with Gasteiger partial charge in [-0.25, -0.2) is 0 Å². The molecule has 0 radical (unpaired) electrons. The summed E-state index contributed by atoms with van der Waals surface area (Å²) in [5, 5.41) is 4.28. The van der Waals surface area contributed by atoms with E-state index in [1.54, 1.807) is 10.9 Å². The van der Waals surface area contributed by atoms with Crippen molar-refractivity contribution in [1.29, 1.82) is 0 Å². The topological polar surface area (TPSA) is 56.7 Å². The van der Waals surface area contributed by atoms with Crippen LogP contribution >= 0.6 is 0 Å². The zero-order valence-corrected chi connectivity index (χ0v) is 8.88. The van der Waals surface area contributed by atoms with Crippen molar-refractivity contribution in [3.63, 3.8) is 0 Å². The van der Waals surface area contributed by atoms with E-state index in [0.717, 1.165) is 16.8 Å². The zero-order valence-electron chi connectivity index (χ0n) is 8.88. The molecule has 2 aromatic rings. The minimum Gasteiger partial charge on any atom is -0.319 e. The number of pyridine rings is 1. The van der Waals surface area contributed by atoms with E-state index in [1.165, 1.54) is 0 Å². The molecule has 2 rings (SSSR count). The summed E-state index contributed by atoms with van der Waals surface area (Å²) in [6.07, 6.45) is 5.49. The smallest absolute Gasteiger partial charge is 0.0837 e. The first-order chi connectivity index (χ1) is 7.16. The molecule has 78 valence electrons. The molecule has 0 saturated carbocycles. The lowest BCUT2D eigenvalue weighted by molar-refractivity contribution is 0.714. The zero-order chi connectivity index (χ0) is 10.8. The van der Waals surface area contributed by atoms with Crippen molar-refractivity contribution in [2.75, 3.05) is 0 Å². The molecule has 4 heteroatoms. The third-order valence-corrected chi connectivity index (χ3v) is 2.31. The molecule has 1 atom stereocenters. The first-order valence-electron chi connectivity index (χ1n) is 4.83. The molecular weight excluding hydrogens is 188 g/mol. The Bertz CT molecular complexity index is 461. The molecule has 0 bridgehead atoms. The summed E-state index contributed by atoms with van der Waals surface area (Å²) in [5.74, 6) is 0. The largest absolute Gasteiger partial charge is 0.319 e. The van der Waals surface area contributed by atoms with Crippen LogP contribution in [0.15, 0.2) is 30.7 Å². The van der Waals surface area contributed by atoms with Crippen molar-refractivity contribution in [3.05, 3.63) is 47.5 Å². The maximum atomic E-state index is 6.08. The van der Waals surface area contributed by atoms with Crippen LogP contribution in [0.5, 0.6) is 0 Å². The second-order valence-electron chi connectivity index (χ2n) is 3.69. The maximum absolute atomic E-state index is 6.08. The van der Waals surface area contributed by atoms with Crippen molar-refractivity contribution in [1.82, 2.24) is 14.8 Å². The molecule has 15 heavy (non-hydrogen) atoms. The molecule has 0 fully saturated rings. The number of nitrogens with two attached hydrogens (primary N) is 1. The third kappa shape index (κ3) is 2.05. The van der Waals surface area contributed by atoms with Gasteiger partial charge in [0.05, 0.1) is 11.7 Å². The van der Waals surface area contributed by atoms with Gasteiger partial charge in [0.25, 0.3) is 0 Å². The highest BCUT2D eigenvalue weighted by Gasteiger charge is 2.11. The van der Waals surface area contributed by atoms with E-state index >= 15 is 0 Å². The van der Waals surface area contributed by atoms with E-state index in [0.29, 0.717) is 0 Å². The molecule has 2 aromatic heterocycles. The number of aryl methyl sites for hydroxylation is 2. The van der Waals surface area contributed by atoms with Gasteiger partial charge in [-0.3, -0.25) is 9.67 Å². The molecule has 0 amide bonds. The fourth-order valence-electron chi connectivity index (χ4n) is 1.52. The quantitative estimate of drug-likeness (QED) is 0.795. The Kier molecular flexibility index (Phi) is 2.51. The lowest BCUT2D eigenvalue weighted by atomic mass is 10.1. The molecule has 1 unspecified atom stereocenters. The van der Waals surface area contributed by atoms with Crippen molar-refractivity contribution < 1.29 is 0 Å². The van der Waals surface area contributed by atoms with E-state index in [2.05, 4.69) is 10.1 Å². The Labute approximate surface area is 88.8 Å². The van der Waals surface area contributed by atoms with Crippen LogP contribution in [-0.2, 0) is 7.05 Å². The van der Waals surface area contributed by atoms with Gasteiger partial charge in [-0.2, -0.15) is 5.10 Å². The Morgan fingerprint density at radius 3 is 2.80 bits per heavy atom. The number of aromatic nitrogens is 3. The van der Waals surface area contributed by atoms with Gasteiger partial charge in [0, 0.05) is 25.6 Å². The van der Waals surface area contributed by atoms with Gasteiger partial charge in [-0.1, -0.05) is 6.07 Å². The Morgan fingerprint density at radius 1 is 1.40 bits per heavy atom. The number of hydrogen-bond donors (Lipinski definition) is 1. The van der Waals surface area contributed by atoms with Gasteiger partial charge in [-0.05, 0) is 24.1 Å². The van der Waals surface area contributed by atoms with Crippen LogP contribution in [0.25, 0.3) is 0 Å². The van der Waals surface area contributed by atoms with E-state index < -0.39 is 0 Å². The molecular formula is C11H14N4. The normalized spacial score (nSPS) is 12.7. The molecule has 4 nitrogen and oxygen atoms in total. The van der Waals surface area contributed by atoms with Crippen molar-refractivity contribution >= 4 is 0 Å². The van der Waals surface area contributed by atoms with E-state index in [4.69, 9.17) is 5.73 Å². The molecule has 0 aliphatic carbocycles. The molecule has 0 aliphatic heterocycles. The Morgan fingerprint density at radius 2 is 2.20 bits per heavy atom. The summed E-state index contributed by atoms with van der Waals surface area (Å²) < 4.78 is 1.75. The molecule has 0 aromatic carbocycles.